The number of benzene rings is 1. The van der Waals surface area contributed by atoms with Crippen LogP contribution in [0.2, 0.25) is 5.02 Å². The number of aromatic nitrogens is 4. The molecule has 4 amide bonds. The Morgan fingerprint density at radius 1 is 0.843 bits per heavy atom. The molecule has 89 heavy (non-hydrogen) atoms. The van der Waals surface area contributed by atoms with Crippen molar-refractivity contribution in [2.75, 3.05) is 50.9 Å². The molecule has 19 nitrogen and oxygen atoms in total. The van der Waals surface area contributed by atoms with E-state index in [4.69, 9.17) is 47.4 Å². The van der Waals surface area contributed by atoms with Gasteiger partial charge in [0.05, 0.1) is 46.1 Å². The summed E-state index contributed by atoms with van der Waals surface area (Å²) in [7, 11) is 0. The Kier molecular flexibility index (Phi) is 18.1. The maximum atomic E-state index is 17.0. The van der Waals surface area contributed by atoms with Gasteiger partial charge in [-0.1, -0.05) is 58.0 Å². The second-order valence-corrected chi connectivity index (χ2v) is 27.6. The summed E-state index contributed by atoms with van der Waals surface area (Å²) >= 11 is 14.3. The molecule has 1 saturated carbocycles. The second kappa shape index (κ2) is 25.6. The zero-order chi connectivity index (χ0) is 63.0. The summed E-state index contributed by atoms with van der Waals surface area (Å²) < 4.78 is 69.0. The van der Waals surface area contributed by atoms with Gasteiger partial charge in [-0.25, -0.2) is 32.3 Å². The first kappa shape index (κ1) is 63.1. The monoisotopic (exact) mass is 1270 g/mol. The van der Waals surface area contributed by atoms with Crippen molar-refractivity contribution in [2.45, 2.75) is 184 Å². The molecule has 17 atom stereocenters. The number of amides is 4. The van der Waals surface area contributed by atoms with Gasteiger partial charge in [0.25, 0.3) is 0 Å². The van der Waals surface area contributed by atoms with E-state index in [0.717, 1.165) is 0 Å². The van der Waals surface area contributed by atoms with E-state index >= 15 is 18.0 Å². The number of hydrogen-bond acceptors (Lipinski definition) is 14. The maximum Gasteiger partial charge on any atom is 0.356 e. The average Bonchev–Trinajstić information content (AvgIpc) is 0.746. The zero-order valence-electron chi connectivity index (χ0n) is 51.8. The van der Waals surface area contributed by atoms with E-state index < -0.39 is 71.7 Å². The minimum atomic E-state index is -1.53. The smallest absolute Gasteiger partial charge is 0.356 e. The zero-order valence-corrected chi connectivity index (χ0v) is 53.3. The third kappa shape index (κ3) is 11.8. The first-order valence-electron chi connectivity index (χ1n) is 31.9. The Hall–Kier alpha value is -6.04. The molecule has 8 aliphatic rings. The van der Waals surface area contributed by atoms with Crippen LogP contribution in [0, 0.1) is 29.5 Å². The summed E-state index contributed by atoms with van der Waals surface area (Å²) in [6.45, 7) is 21.6. The molecule has 24 heteroatoms. The lowest BCUT2D eigenvalue weighted by atomic mass is 9.72. The van der Waals surface area contributed by atoms with Crippen molar-refractivity contribution in [1.29, 1.82) is 0 Å². The van der Waals surface area contributed by atoms with Crippen LogP contribution in [-0.2, 0) is 14.3 Å². The van der Waals surface area contributed by atoms with Crippen LogP contribution in [0.3, 0.4) is 0 Å². The van der Waals surface area contributed by atoms with Gasteiger partial charge in [-0.2, -0.15) is 4.98 Å². The number of alkyl halides is 3. The largest absolute Gasteiger partial charge is 0.489 e. The quantitative estimate of drug-likeness (QED) is 0.118. The molecule has 6 saturated heterocycles. The number of nitrogens with zero attached hydrogens (tertiary/aromatic N) is 9. The van der Waals surface area contributed by atoms with Crippen LogP contribution in [0.25, 0.3) is 28.0 Å². The highest BCUT2D eigenvalue weighted by molar-refractivity contribution is 6.33. The minimum absolute atomic E-state index is 0.00261. The Bertz CT molecular complexity index is 3450. The summed E-state index contributed by atoms with van der Waals surface area (Å²) in [5.74, 6) is -1.35. The number of hydrogen-bond donors (Lipinski definition) is 3. The van der Waals surface area contributed by atoms with Crippen molar-refractivity contribution in [2.24, 2.45) is 23.7 Å². The summed E-state index contributed by atoms with van der Waals surface area (Å²) in [6.07, 6.45) is 3.73. The topological polar surface area (TPSA) is 192 Å². The molecule has 13 unspecified atom stereocenters. The standard InChI is InChI=1S/C65H83Cl2F3N12O7/c1-10-50(83)77-28-36(8)79(30-34(77)6)60-42-26-45(67)55-41-24-39(68)25-47(70)59(41)89-20-12-13-38-23-40(72-54(33(4)5)57(38)81(62(42)73-55)64(85)75-60)16-17-51(84)78-29-37(9)80(31-35(78)7)61-43-27-46(69)56-52-44(66)14-11-15-48(52)87-21-22-88-49-18-19-71-53(32(2)3)58(49)82(63(43)74-56)65(86)76-61/h10-11,14-19,27,32-42,45,47,54-55,57,59-60,62,72-73H,1,12-13,20-26,28-31H2,2-9H3,(H,75,85)/b17-16+/t34-,35-,36+,37+,38?,39?,40?,41?,42?,45?,47?,54?,55?,57?,59?,60?,62?/m1/s1. The van der Waals surface area contributed by atoms with E-state index in [1.54, 1.807) is 41.4 Å². The molecule has 480 valence electrons. The predicted molar refractivity (Wildman–Crippen MR) is 335 cm³/mol. The van der Waals surface area contributed by atoms with Gasteiger partial charge in [0.2, 0.25) is 11.8 Å². The van der Waals surface area contributed by atoms with Gasteiger partial charge in [0.1, 0.15) is 54.3 Å². The van der Waals surface area contributed by atoms with Crippen molar-refractivity contribution in [3.63, 3.8) is 0 Å². The molecule has 3 N–H and O–H groups in total. The third-order valence-corrected chi connectivity index (χ3v) is 20.9. The number of carbonyl (C=O) groups is 3. The number of ether oxygens (including phenoxy) is 3. The molecule has 0 spiro atoms. The number of pyridine rings is 2. The Morgan fingerprint density at radius 2 is 1.58 bits per heavy atom. The molecular formula is C65H83Cl2F3N12O7. The van der Waals surface area contributed by atoms with Crippen molar-refractivity contribution < 1.29 is 41.8 Å². The van der Waals surface area contributed by atoms with E-state index in [0.29, 0.717) is 61.7 Å². The molecule has 4 bridgehead atoms. The molecule has 0 radical (unpaired) electrons. The number of rotatable bonds is 7. The van der Waals surface area contributed by atoms with Crippen LogP contribution < -0.4 is 36.0 Å². The van der Waals surface area contributed by atoms with E-state index in [-0.39, 0.29) is 151 Å². The predicted octanol–water partition coefficient (Wildman–Crippen LogP) is 8.52. The lowest BCUT2D eigenvalue weighted by Gasteiger charge is -2.61. The molecular weight excluding hydrogens is 1190 g/mol. The normalized spacial score (nSPS) is 33.6. The summed E-state index contributed by atoms with van der Waals surface area (Å²) in [5, 5.41) is 11.1. The Morgan fingerprint density at radius 3 is 2.34 bits per heavy atom. The summed E-state index contributed by atoms with van der Waals surface area (Å²) in [5.41, 5.74) is 0.405. The highest BCUT2D eigenvalue weighted by Gasteiger charge is 2.58. The fourth-order valence-electron chi connectivity index (χ4n) is 16.0. The number of halogens is 5. The number of nitrogens with one attached hydrogen (secondary N) is 3. The van der Waals surface area contributed by atoms with Gasteiger partial charge < -0.3 is 44.4 Å². The number of piperazine rings is 2. The minimum Gasteiger partial charge on any atom is -0.489 e. The van der Waals surface area contributed by atoms with Crippen LogP contribution in [0.5, 0.6) is 11.5 Å². The van der Waals surface area contributed by atoms with Crippen LogP contribution in [0.15, 0.2) is 66.1 Å². The van der Waals surface area contributed by atoms with Gasteiger partial charge in [0.15, 0.2) is 11.5 Å². The van der Waals surface area contributed by atoms with Gasteiger partial charge in [0, 0.05) is 117 Å². The Labute approximate surface area is 528 Å². The number of anilines is 1. The van der Waals surface area contributed by atoms with Crippen LogP contribution in [0.4, 0.5) is 23.8 Å². The van der Waals surface area contributed by atoms with Crippen LogP contribution in [0.1, 0.15) is 106 Å². The number of carbonyl (C=O) groups excluding carboxylic acids is 3. The first-order valence-corrected chi connectivity index (χ1v) is 32.7. The van der Waals surface area contributed by atoms with E-state index in [1.165, 1.54) is 16.7 Å². The molecule has 10 heterocycles. The first-order chi connectivity index (χ1) is 42.6. The van der Waals surface area contributed by atoms with Crippen LogP contribution >= 0.6 is 23.2 Å². The highest BCUT2D eigenvalue weighted by Crippen LogP contribution is 2.46. The van der Waals surface area contributed by atoms with Crippen molar-refractivity contribution in [1.82, 2.24) is 55.1 Å². The van der Waals surface area contributed by atoms with Gasteiger partial charge in [-0.15, -0.1) is 11.6 Å². The van der Waals surface area contributed by atoms with Crippen molar-refractivity contribution in [3.05, 3.63) is 88.4 Å². The molecule has 1 aromatic carbocycles. The summed E-state index contributed by atoms with van der Waals surface area (Å²) in [4.78, 5) is 82.1. The number of urea groups is 1. The van der Waals surface area contributed by atoms with Gasteiger partial charge in [-0.3, -0.25) is 24.8 Å². The van der Waals surface area contributed by atoms with Crippen molar-refractivity contribution in [3.8, 4) is 28.4 Å². The van der Waals surface area contributed by atoms with Gasteiger partial charge in [-0.05, 0) is 102 Å². The second-order valence-electron chi connectivity index (χ2n) is 26.7. The fraction of sp³-hybridized carbons (Fsp3) is 0.615. The maximum absolute atomic E-state index is 17.0. The van der Waals surface area contributed by atoms with E-state index in [1.807, 2.05) is 55.4 Å². The fourth-order valence-corrected chi connectivity index (χ4v) is 16.7. The number of fused-ring (bicyclic) bond motifs is 10. The number of piperidine rings is 2. The van der Waals surface area contributed by atoms with E-state index in [9.17, 15) is 14.4 Å². The highest BCUT2D eigenvalue weighted by atomic mass is 35.5. The van der Waals surface area contributed by atoms with Crippen molar-refractivity contribution >= 4 is 57.9 Å². The SMILES string of the molecule is C=CC(=O)N1C[C@H](C)N(C2NC(=O)N3C4NC(C(Cl)CC42)C2CC(F)CC(F)C2OCCCC2CC(/C=C/C(=O)N4C[C@H](C)N(c5nc(=O)n6c7nc(c(F)cc57)-c5c(Cl)cccc5OCCOc5ccnc(C(C)C)c5-6)C[C@H]4C)NC(C(C)C)C23)C[C@H]1C. The van der Waals surface area contributed by atoms with Crippen LogP contribution in [-0.4, -0.2) is 187 Å². The molecule has 7 aliphatic heterocycles. The average molecular weight is 1270 g/mol. The molecule has 4 aromatic rings. The lowest BCUT2D eigenvalue weighted by molar-refractivity contribution is -0.137. The van der Waals surface area contributed by atoms with E-state index in [2.05, 4.69) is 53.2 Å². The third-order valence-electron chi connectivity index (χ3n) is 20.2. The summed E-state index contributed by atoms with van der Waals surface area (Å²) in [6, 6.07) is 5.16. The van der Waals surface area contributed by atoms with Gasteiger partial charge >= 0.3 is 11.7 Å². The lowest BCUT2D eigenvalue weighted by Crippen LogP contribution is -2.80. The molecule has 12 rings (SSSR count). The Balaban J connectivity index is 0.832. The molecule has 1 aliphatic carbocycles. The molecule has 3 aromatic heterocycles. The molecule has 7 fully saturated rings.